The monoisotopic (exact) mass is 366 g/mol. The number of halogens is 1. The highest BCUT2D eigenvalue weighted by Gasteiger charge is 2.41. The highest BCUT2D eigenvalue weighted by atomic mass is 35.5. The molecule has 0 saturated heterocycles. The summed E-state index contributed by atoms with van der Waals surface area (Å²) in [7, 11) is 0. The van der Waals surface area contributed by atoms with Gasteiger partial charge in [0.1, 0.15) is 5.60 Å². The zero-order valence-electron chi connectivity index (χ0n) is 14.1. The van der Waals surface area contributed by atoms with Crippen LogP contribution in [-0.2, 0) is 9.53 Å². The maximum Gasteiger partial charge on any atom is 0.417 e. The Hall–Kier alpha value is -2.41. The molecule has 1 aliphatic heterocycles. The minimum atomic E-state index is -0.831. The number of nitro groups is 1. The summed E-state index contributed by atoms with van der Waals surface area (Å²) < 4.78 is 5.27. The van der Waals surface area contributed by atoms with E-state index in [0.29, 0.717) is 10.6 Å². The first-order valence-electron chi connectivity index (χ1n) is 7.70. The summed E-state index contributed by atoms with van der Waals surface area (Å²) in [6, 6.07) is 5.79. The third kappa shape index (κ3) is 4.79. The number of hydrogen-bond donors (Lipinski definition) is 0. The standard InChI is InChI=1S/C17H19ClN2O5/c1-17(2,3)25-16(22)20-14(7-8-15(20)21)13(10-19(23)24)11-5-4-6-12(18)9-11/h4-9,13-14H,10H2,1-3H3/t13-,14+/m0/s1. The molecule has 1 aromatic carbocycles. The van der Waals surface area contributed by atoms with Crippen molar-refractivity contribution in [3.63, 3.8) is 0 Å². The van der Waals surface area contributed by atoms with E-state index >= 15 is 0 Å². The predicted molar refractivity (Wildman–Crippen MR) is 92.1 cm³/mol. The van der Waals surface area contributed by atoms with E-state index in [2.05, 4.69) is 0 Å². The molecule has 7 nitrogen and oxygen atoms in total. The first-order valence-corrected chi connectivity index (χ1v) is 8.08. The lowest BCUT2D eigenvalue weighted by Crippen LogP contribution is -2.46. The number of imide groups is 1. The number of rotatable bonds is 4. The van der Waals surface area contributed by atoms with Crippen LogP contribution in [-0.4, -0.2) is 40.0 Å². The smallest absolute Gasteiger partial charge is 0.417 e. The van der Waals surface area contributed by atoms with E-state index in [1.807, 2.05) is 0 Å². The number of carbonyl (C=O) groups excluding carboxylic acids is 2. The summed E-state index contributed by atoms with van der Waals surface area (Å²) in [4.78, 5) is 36.1. The summed E-state index contributed by atoms with van der Waals surface area (Å²) in [6.45, 7) is 4.58. The minimum Gasteiger partial charge on any atom is -0.443 e. The highest BCUT2D eigenvalue weighted by Crippen LogP contribution is 2.31. The Morgan fingerprint density at radius 1 is 1.44 bits per heavy atom. The van der Waals surface area contributed by atoms with E-state index in [1.165, 1.54) is 12.2 Å². The second-order valence-corrected chi connectivity index (χ2v) is 7.15. The van der Waals surface area contributed by atoms with Crippen LogP contribution < -0.4 is 0 Å². The van der Waals surface area contributed by atoms with E-state index in [4.69, 9.17) is 16.3 Å². The van der Waals surface area contributed by atoms with Crippen LogP contribution >= 0.6 is 11.6 Å². The van der Waals surface area contributed by atoms with Gasteiger partial charge in [0.25, 0.3) is 5.91 Å². The van der Waals surface area contributed by atoms with Gasteiger partial charge in [0.05, 0.1) is 12.0 Å². The van der Waals surface area contributed by atoms with Crippen LogP contribution in [0.2, 0.25) is 5.02 Å². The molecule has 0 unspecified atom stereocenters. The Kier molecular flexibility index (Phi) is 5.47. The number of ether oxygens (including phenoxy) is 1. The van der Waals surface area contributed by atoms with Crippen molar-refractivity contribution in [2.75, 3.05) is 6.54 Å². The van der Waals surface area contributed by atoms with Crippen molar-refractivity contribution in [2.45, 2.75) is 38.3 Å². The summed E-state index contributed by atoms with van der Waals surface area (Å²) in [5.74, 6) is -1.29. The Labute approximate surface area is 150 Å². The van der Waals surface area contributed by atoms with Gasteiger partial charge in [0.15, 0.2) is 0 Å². The van der Waals surface area contributed by atoms with Crippen LogP contribution in [0.4, 0.5) is 4.79 Å². The van der Waals surface area contributed by atoms with Crippen molar-refractivity contribution in [3.8, 4) is 0 Å². The molecule has 0 saturated carbocycles. The Bertz CT molecular complexity index is 726. The molecule has 0 fully saturated rings. The van der Waals surface area contributed by atoms with Crippen LogP contribution in [0, 0.1) is 10.1 Å². The second kappa shape index (κ2) is 7.23. The molecule has 0 N–H and O–H groups in total. The molecule has 2 rings (SSSR count). The molecular formula is C17H19ClN2O5. The van der Waals surface area contributed by atoms with Crippen molar-refractivity contribution >= 4 is 23.6 Å². The average Bonchev–Trinajstić information content (AvgIpc) is 2.84. The highest BCUT2D eigenvalue weighted by molar-refractivity contribution is 6.30. The SMILES string of the molecule is CC(C)(C)OC(=O)N1C(=O)C=C[C@@H]1[C@@H](C[N+](=O)[O-])c1cccc(Cl)c1. The Morgan fingerprint density at radius 3 is 2.68 bits per heavy atom. The van der Waals surface area contributed by atoms with Crippen molar-refractivity contribution in [1.82, 2.24) is 4.90 Å². The number of benzene rings is 1. The van der Waals surface area contributed by atoms with Gasteiger partial charge >= 0.3 is 6.09 Å². The second-order valence-electron chi connectivity index (χ2n) is 6.72. The quantitative estimate of drug-likeness (QED) is 0.601. The molecule has 8 heteroatoms. The Balaban J connectivity index is 2.37. The molecule has 1 heterocycles. The van der Waals surface area contributed by atoms with E-state index in [9.17, 15) is 19.7 Å². The van der Waals surface area contributed by atoms with Gasteiger partial charge in [-0.15, -0.1) is 0 Å². The molecule has 25 heavy (non-hydrogen) atoms. The summed E-state index contributed by atoms with van der Waals surface area (Å²) in [5.41, 5.74) is -0.221. The van der Waals surface area contributed by atoms with E-state index in [-0.39, 0.29) is 0 Å². The third-order valence-corrected chi connectivity index (χ3v) is 3.83. The third-order valence-electron chi connectivity index (χ3n) is 3.60. The van der Waals surface area contributed by atoms with E-state index < -0.39 is 41.0 Å². The molecule has 0 bridgehead atoms. The minimum absolute atomic E-state index is 0.419. The Morgan fingerprint density at radius 2 is 2.12 bits per heavy atom. The number of amides is 2. The van der Waals surface area contributed by atoms with Crippen molar-refractivity contribution in [1.29, 1.82) is 0 Å². The van der Waals surface area contributed by atoms with Gasteiger partial charge in [-0.25, -0.2) is 9.69 Å². The average molecular weight is 367 g/mol. The molecule has 0 radical (unpaired) electrons. The molecular weight excluding hydrogens is 348 g/mol. The normalized spacial score (nSPS) is 18.3. The molecule has 0 spiro atoms. The fraction of sp³-hybridized carbons (Fsp3) is 0.412. The zero-order valence-corrected chi connectivity index (χ0v) is 14.9. The lowest BCUT2D eigenvalue weighted by atomic mass is 9.91. The van der Waals surface area contributed by atoms with Gasteiger partial charge in [-0.3, -0.25) is 14.9 Å². The van der Waals surface area contributed by atoms with Crippen molar-refractivity contribution < 1.29 is 19.2 Å². The summed E-state index contributed by atoms with van der Waals surface area (Å²) in [6.07, 6.45) is 1.89. The van der Waals surface area contributed by atoms with Gasteiger partial charge in [-0.05, 0) is 38.5 Å². The maximum absolute atomic E-state index is 12.4. The van der Waals surface area contributed by atoms with Gasteiger partial charge in [0.2, 0.25) is 6.54 Å². The first kappa shape index (κ1) is 18.9. The molecule has 134 valence electrons. The molecule has 1 aromatic rings. The number of nitrogens with zero attached hydrogens (tertiary/aromatic N) is 2. The van der Waals surface area contributed by atoms with Gasteiger partial charge < -0.3 is 4.74 Å². The molecule has 2 amide bonds. The first-order chi connectivity index (χ1) is 11.6. The molecule has 1 aliphatic rings. The van der Waals surface area contributed by atoms with Crippen LogP contribution in [0.15, 0.2) is 36.4 Å². The van der Waals surface area contributed by atoms with Gasteiger partial charge in [0, 0.05) is 16.0 Å². The molecule has 2 atom stereocenters. The fourth-order valence-corrected chi connectivity index (χ4v) is 2.84. The van der Waals surface area contributed by atoms with E-state index in [1.54, 1.807) is 45.0 Å². The molecule has 0 aliphatic carbocycles. The fourth-order valence-electron chi connectivity index (χ4n) is 2.64. The zero-order chi connectivity index (χ0) is 18.8. The number of hydrogen-bond acceptors (Lipinski definition) is 5. The van der Waals surface area contributed by atoms with Crippen LogP contribution in [0.1, 0.15) is 32.3 Å². The topological polar surface area (TPSA) is 89.8 Å². The van der Waals surface area contributed by atoms with Gasteiger partial charge in [-0.2, -0.15) is 0 Å². The summed E-state index contributed by atoms with van der Waals surface area (Å²) in [5, 5.41) is 11.6. The largest absolute Gasteiger partial charge is 0.443 e. The maximum atomic E-state index is 12.4. The van der Waals surface area contributed by atoms with Gasteiger partial charge in [-0.1, -0.05) is 29.8 Å². The van der Waals surface area contributed by atoms with Crippen molar-refractivity contribution in [3.05, 3.63) is 57.1 Å². The van der Waals surface area contributed by atoms with Crippen LogP contribution in [0.5, 0.6) is 0 Å². The van der Waals surface area contributed by atoms with Crippen LogP contribution in [0.3, 0.4) is 0 Å². The van der Waals surface area contributed by atoms with Crippen LogP contribution in [0.25, 0.3) is 0 Å². The molecule has 0 aromatic heterocycles. The lowest BCUT2D eigenvalue weighted by Gasteiger charge is -2.30. The summed E-state index contributed by atoms with van der Waals surface area (Å²) >= 11 is 5.99. The predicted octanol–water partition coefficient (Wildman–Crippen LogP) is 3.40. The van der Waals surface area contributed by atoms with E-state index in [0.717, 1.165) is 4.90 Å². The van der Waals surface area contributed by atoms with Crippen molar-refractivity contribution in [2.24, 2.45) is 0 Å². The lowest BCUT2D eigenvalue weighted by molar-refractivity contribution is -0.484. The number of carbonyl (C=O) groups is 2.